The molecule has 0 bridgehead atoms. The largest absolute Gasteiger partial charge is 0.444 e. The molecule has 2 amide bonds. The topological polar surface area (TPSA) is 106 Å². The first kappa shape index (κ1) is 38.2. The molecule has 0 unspecified atom stereocenters. The van der Waals surface area contributed by atoms with E-state index in [1.54, 1.807) is 5.57 Å². The van der Waals surface area contributed by atoms with E-state index in [1.807, 2.05) is 20.8 Å². The number of hydrogen-bond acceptors (Lipinski definition) is 6. The molecule has 3 N–H and O–H groups in total. The van der Waals surface area contributed by atoms with E-state index in [0.717, 1.165) is 69.1 Å². The van der Waals surface area contributed by atoms with Gasteiger partial charge in [0, 0.05) is 45.9 Å². The van der Waals surface area contributed by atoms with Crippen LogP contribution in [0.3, 0.4) is 0 Å². The van der Waals surface area contributed by atoms with Gasteiger partial charge in [-0.15, -0.1) is 0 Å². The second-order valence-electron chi connectivity index (χ2n) is 16.8. The molecule has 4 aliphatic rings. The van der Waals surface area contributed by atoms with E-state index >= 15 is 0 Å². The molecule has 0 aliphatic heterocycles. The highest BCUT2D eigenvalue weighted by molar-refractivity contribution is 5.75. The maximum absolute atomic E-state index is 12.7. The van der Waals surface area contributed by atoms with E-state index in [2.05, 4.69) is 37.5 Å². The summed E-state index contributed by atoms with van der Waals surface area (Å²) < 4.78 is 16.6. The molecular formula is C39H68N2O6. The molecule has 0 aromatic carbocycles. The molecule has 3 fully saturated rings. The molecule has 8 atom stereocenters. The van der Waals surface area contributed by atoms with Crippen molar-refractivity contribution in [2.24, 2.45) is 40.4 Å². The summed E-state index contributed by atoms with van der Waals surface area (Å²) in [6, 6.07) is 0. The molecule has 0 aromatic heterocycles. The number of carbonyl (C=O) groups is 2. The van der Waals surface area contributed by atoms with Gasteiger partial charge in [0.2, 0.25) is 5.91 Å². The van der Waals surface area contributed by atoms with Crippen molar-refractivity contribution in [3.63, 3.8) is 0 Å². The maximum atomic E-state index is 12.7. The van der Waals surface area contributed by atoms with Crippen molar-refractivity contribution in [3.8, 4) is 0 Å². The number of rotatable bonds is 17. The number of aliphatic hydroxyl groups is 1. The molecule has 4 aliphatic carbocycles. The van der Waals surface area contributed by atoms with Crippen LogP contribution in [0.1, 0.15) is 131 Å². The monoisotopic (exact) mass is 661 g/mol. The average molecular weight is 661 g/mol. The van der Waals surface area contributed by atoms with Gasteiger partial charge in [-0.25, -0.2) is 4.79 Å². The molecule has 270 valence electrons. The fraction of sp³-hybridized carbons (Fsp3) is 0.897. The molecule has 8 heteroatoms. The number of fused-ring (bicyclic) bond motifs is 5. The van der Waals surface area contributed by atoms with E-state index in [9.17, 15) is 14.7 Å². The number of amides is 2. The number of hydrogen-bond donors (Lipinski definition) is 3. The van der Waals surface area contributed by atoms with Crippen molar-refractivity contribution < 1.29 is 28.9 Å². The summed E-state index contributed by atoms with van der Waals surface area (Å²) >= 11 is 0. The average Bonchev–Trinajstić information content (AvgIpc) is 3.36. The van der Waals surface area contributed by atoms with Gasteiger partial charge in [0.25, 0.3) is 0 Å². The number of allylic oxidation sites excluding steroid dienone is 1. The molecule has 47 heavy (non-hydrogen) atoms. The van der Waals surface area contributed by atoms with Crippen LogP contribution in [-0.4, -0.2) is 68.3 Å². The van der Waals surface area contributed by atoms with E-state index < -0.39 is 5.60 Å². The lowest BCUT2D eigenvalue weighted by Crippen LogP contribution is -2.50. The van der Waals surface area contributed by atoms with Gasteiger partial charge in [-0.1, -0.05) is 32.4 Å². The van der Waals surface area contributed by atoms with Crippen LogP contribution in [0.2, 0.25) is 0 Å². The Morgan fingerprint density at radius 2 is 1.57 bits per heavy atom. The fourth-order valence-corrected chi connectivity index (χ4v) is 9.96. The Balaban J connectivity index is 1.01. The summed E-state index contributed by atoms with van der Waals surface area (Å²) in [5, 5.41) is 16.2. The lowest BCUT2D eigenvalue weighted by molar-refractivity contribution is -0.121. The third-order valence-electron chi connectivity index (χ3n) is 12.4. The van der Waals surface area contributed by atoms with E-state index in [-0.39, 0.29) is 18.1 Å². The fourth-order valence-electron chi connectivity index (χ4n) is 9.96. The Kier molecular flexibility index (Phi) is 14.1. The predicted octanol–water partition coefficient (Wildman–Crippen LogP) is 7.58. The van der Waals surface area contributed by atoms with E-state index in [4.69, 9.17) is 14.2 Å². The Morgan fingerprint density at radius 1 is 0.915 bits per heavy atom. The highest BCUT2D eigenvalue weighted by Crippen LogP contribution is 2.67. The predicted molar refractivity (Wildman–Crippen MR) is 187 cm³/mol. The maximum Gasteiger partial charge on any atom is 0.407 e. The quantitative estimate of drug-likeness (QED) is 0.110. The van der Waals surface area contributed by atoms with Crippen LogP contribution >= 0.6 is 0 Å². The molecule has 0 spiro atoms. The summed E-state index contributed by atoms with van der Waals surface area (Å²) in [7, 11) is 0. The summed E-state index contributed by atoms with van der Waals surface area (Å²) in [4.78, 5) is 24.3. The molecule has 0 saturated heterocycles. The van der Waals surface area contributed by atoms with Crippen LogP contribution in [0.4, 0.5) is 4.79 Å². The van der Waals surface area contributed by atoms with Crippen molar-refractivity contribution in [1.29, 1.82) is 0 Å². The van der Waals surface area contributed by atoms with Crippen molar-refractivity contribution in [3.05, 3.63) is 11.6 Å². The Labute approximate surface area is 285 Å². The first-order valence-corrected chi connectivity index (χ1v) is 19.1. The van der Waals surface area contributed by atoms with Gasteiger partial charge in [0.05, 0.1) is 6.10 Å². The molecule has 0 radical (unpaired) electrons. The zero-order valence-corrected chi connectivity index (χ0v) is 30.7. The number of unbranched alkanes of at least 4 members (excludes halogenated alkanes) is 1. The molecule has 0 heterocycles. The van der Waals surface area contributed by atoms with Gasteiger partial charge in [-0.05, 0) is 145 Å². The zero-order valence-electron chi connectivity index (χ0n) is 30.7. The number of ether oxygens (including phenoxy) is 3. The van der Waals surface area contributed by atoms with Gasteiger partial charge >= 0.3 is 6.09 Å². The van der Waals surface area contributed by atoms with Crippen molar-refractivity contribution >= 4 is 12.0 Å². The zero-order chi connectivity index (χ0) is 34.1. The molecule has 3 saturated carbocycles. The van der Waals surface area contributed by atoms with Crippen LogP contribution in [0, 0.1) is 40.4 Å². The normalized spacial score (nSPS) is 32.4. The first-order chi connectivity index (χ1) is 22.3. The minimum Gasteiger partial charge on any atom is -0.444 e. The van der Waals surface area contributed by atoms with Gasteiger partial charge in [-0.3, -0.25) is 4.79 Å². The highest BCUT2D eigenvalue weighted by atomic mass is 16.6. The second-order valence-corrected chi connectivity index (χ2v) is 16.8. The summed E-state index contributed by atoms with van der Waals surface area (Å²) in [5.41, 5.74) is 1.78. The Hall–Kier alpha value is -1.64. The standard InChI is InChI=1S/C39H68N2O6/c1-28(32-14-15-33-31-13-12-29-27-30(42)17-19-38(29,5)34(31)18-20-39(32,33)6)11-16-35(43)40-21-9-25-45-23-7-8-24-46-26-10-22-41-36(44)47-37(2,3)4/h12,28,30-34,42H,7-11,13-27H2,1-6H3,(H,40,43)(H,41,44)/t28-,30+,31+,32-,33+,34+,38+,39-/m1/s1. The summed E-state index contributed by atoms with van der Waals surface area (Å²) in [5.74, 6) is 3.84. The molecule has 4 rings (SSSR count). The van der Waals surface area contributed by atoms with Crippen molar-refractivity contribution in [1.82, 2.24) is 10.6 Å². The number of aliphatic hydroxyl groups excluding tert-OH is 1. The first-order valence-electron chi connectivity index (χ1n) is 19.1. The SMILES string of the molecule is C[C@H](CCC(=O)NCCCOCCCCOCCCNC(=O)OC(C)(C)C)[C@H]1CC[C@H]2[C@@H]3CC=C4C[C@@H](O)CC[C@]4(C)[C@H]3CC[C@]12C. The van der Waals surface area contributed by atoms with Gasteiger partial charge in [0.15, 0.2) is 0 Å². The van der Waals surface area contributed by atoms with Gasteiger partial charge in [-0.2, -0.15) is 0 Å². The van der Waals surface area contributed by atoms with Crippen LogP contribution in [0.25, 0.3) is 0 Å². The summed E-state index contributed by atoms with van der Waals surface area (Å²) in [6.45, 7) is 16.9. The molecule has 8 nitrogen and oxygen atoms in total. The number of alkyl carbamates (subject to hydrolysis) is 1. The van der Waals surface area contributed by atoms with Crippen LogP contribution < -0.4 is 10.6 Å². The van der Waals surface area contributed by atoms with Gasteiger partial charge in [0.1, 0.15) is 5.60 Å². The van der Waals surface area contributed by atoms with Crippen LogP contribution in [0.15, 0.2) is 11.6 Å². The van der Waals surface area contributed by atoms with E-state index in [0.29, 0.717) is 68.6 Å². The molecular weight excluding hydrogens is 592 g/mol. The van der Waals surface area contributed by atoms with Crippen molar-refractivity contribution in [2.45, 2.75) is 143 Å². The van der Waals surface area contributed by atoms with Crippen LogP contribution in [-0.2, 0) is 19.0 Å². The molecule has 0 aromatic rings. The van der Waals surface area contributed by atoms with Crippen LogP contribution in [0.5, 0.6) is 0 Å². The Morgan fingerprint density at radius 3 is 2.26 bits per heavy atom. The van der Waals surface area contributed by atoms with E-state index in [1.165, 1.54) is 32.1 Å². The Bertz CT molecular complexity index is 1040. The number of carbonyl (C=O) groups excluding carboxylic acids is 2. The minimum absolute atomic E-state index is 0.135. The lowest BCUT2D eigenvalue weighted by Gasteiger charge is -2.58. The number of nitrogens with one attached hydrogen (secondary N) is 2. The minimum atomic E-state index is -0.479. The summed E-state index contributed by atoms with van der Waals surface area (Å²) in [6.07, 6.45) is 16.6. The third kappa shape index (κ3) is 10.4. The third-order valence-corrected chi connectivity index (χ3v) is 12.4. The smallest absolute Gasteiger partial charge is 0.407 e. The highest BCUT2D eigenvalue weighted by Gasteiger charge is 2.59. The van der Waals surface area contributed by atoms with Gasteiger partial charge < -0.3 is 30.0 Å². The lowest BCUT2D eigenvalue weighted by atomic mass is 9.47. The second kappa shape index (κ2) is 17.3. The van der Waals surface area contributed by atoms with Crippen molar-refractivity contribution in [2.75, 3.05) is 39.5 Å².